The molecule has 1 heterocycles. The Balaban J connectivity index is 1.52. The van der Waals surface area contributed by atoms with Crippen LogP contribution in [-0.2, 0) is 4.79 Å². The topological polar surface area (TPSA) is 70.1 Å². The number of benzene rings is 2. The Labute approximate surface area is 138 Å². The van der Waals surface area contributed by atoms with Gasteiger partial charge in [-0.2, -0.15) is 5.10 Å². The van der Waals surface area contributed by atoms with Crippen LogP contribution < -0.4 is 5.43 Å². The first-order valence-electron chi connectivity index (χ1n) is 7.17. The molecule has 0 atom stereocenters. The summed E-state index contributed by atoms with van der Waals surface area (Å²) in [4.78, 5) is 19.4. The van der Waals surface area contributed by atoms with Crippen LogP contribution in [0.2, 0.25) is 0 Å². The van der Waals surface area contributed by atoms with Gasteiger partial charge in [0, 0.05) is 0 Å². The molecule has 1 aromatic heterocycles. The third-order valence-electron chi connectivity index (χ3n) is 3.29. The predicted molar refractivity (Wildman–Crippen MR) is 93.7 cm³/mol. The Hall–Kier alpha value is -2.60. The molecule has 0 saturated carbocycles. The van der Waals surface area contributed by atoms with E-state index in [2.05, 4.69) is 20.5 Å². The zero-order valence-electron chi connectivity index (χ0n) is 12.6. The number of nitrogens with zero attached hydrogens (tertiary/aromatic N) is 2. The standard InChI is InChI=1S/C17H16N4OS/c1-12-6-2-3-7-13(12)10-18-21-16(22)11-23-17-19-14-8-4-5-9-15(14)20-17/h2-10H,11H2,1H3,(H,19,20)(H,21,22)/b18-10+. The number of hydrazone groups is 1. The van der Waals surface area contributed by atoms with Gasteiger partial charge in [-0.3, -0.25) is 4.79 Å². The smallest absolute Gasteiger partial charge is 0.250 e. The molecule has 2 aromatic carbocycles. The Bertz CT molecular complexity index is 823. The molecule has 0 aliphatic heterocycles. The third-order valence-corrected chi connectivity index (χ3v) is 4.16. The van der Waals surface area contributed by atoms with E-state index in [0.717, 1.165) is 27.3 Å². The number of H-pyrrole nitrogens is 1. The molecule has 6 heteroatoms. The first-order valence-corrected chi connectivity index (χ1v) is 8.16. The second-order valence-electron chi connectivity index (χ2n) is 5.00. The van der Waals surface area contributed by atoms with Crippen LogP contribution >= 0.6 is 11.8 Å². The molecule has 0 aliphatic rings. The molecule has 3 aromatic rings. The van der Waals surface area contributed by atoms with Crippen molar-refractivity contribution in [2.45, 2.75) is 12.1 Å². The number of hydrogen-bond acceptors (Lipinski definition) is 4. The fourth-order valence-corrected chi connectivity index (χ4v) is 2.75. The molecule has 0 aliphatic carbocycles. The van der Waals surface area contributed by atoms with E-state index in [1.807, 2.05) is 55.5 Å². The number of rotatable bonds is 5. The lowest BCUT2D eigenvalue weighted by Gasteiger charge is -1.99. The van der Waals surface area contributed by atoms with Crippen molar-refractivity contribution in [3.8, 4) is 0 Å². The van der Waals surface area contributed by atoms with Gasteiger partial charge in [-0.25, -0.2) is 10.4 Å². The van der Waals surface area contributed by atoms with Crippen molar-refractivity contribution >= 4 is 34.9 Å². The van der Waals surface area contributed by atoms with Crippen LogP contribution in [0.15, 0.2) is 58.8 Å². The lowest BCUT2D eigenvalue weighted by atomic mass is 10.1. The van der Waals surface area contributed by atoms with Gasteiger partial charge in [0.15, 0.2) is 5.16 Å². The van der Waals surface area contributed by atoms with Crippen LogP contribution in [0.4, 0.5) is 0 Å². The van der Waals surface area contributed by atoms with E-state index in [9.17, 15) is 4.79 Å². The molecule has 0 fully saturated rings. The SMILES string of the molecule is Cc1ccccc1/C=N/NC(=O)CSc1nc2ccccc2[nH]1. The molecule has 0 spiro atoms. The summed E-state index contributed by atoms with van der Waals surface area (Å²) in [6.07, 6.45) is 1.65. The van der Waals surface area contributed by atoms with Crippen LogP contribution in [0.5, 0.6) is 0 Å². The number of para-hydroxylation sites is 2. The van der Waals surface area contributed by atoms with E-state index in [1.165, 1.54) is 11.8 Å². The van der Waals surface area contributed by atoms with E-state index >= 15 is 0 Å². The van der Waals surface area contributed by atoms with E-state index in [4.69, 9.17) is 0 Å². The maximum atomic E-state index is 11.8. The highest BCUT2D eigenvalue weighted by molar-refractivity contribution is 7.99. The van der Waals surface area contributed by atoms with Crippen molar-refractivity contribution in [1.82, 2.24) is 15.4 Å². The van der Waals surface area contributed by atoms with Gasteiger partial charge in [-0.05, 0) is 30.2 Å². The minimum Gasteiger partial charge on any atom is -0.333 e. The van der Waals surface area contributed by atoms with Crippen molar-refractivity contribution in [1.29, 1.82) is 0 Å². The third kappa shape index (κ3) is 3.98. The summed E-state index contributed by atoms with van der Waals surface area (Å²) in [5, 5.41) is 4.72. The summed E-state index contributed by atoms with van der Waals surface area (Å²) >= 11 is 1.35. The maximum Gasteiger partial charge on any atom is 0.250 e. The summed E-state index contributed by atoms with van der Waals surface area (Å²) in [5.41, 5.74) is 6.49. The minimum atomic E-state index is -0.166. The largest absolute Gasteiger partial charge is 0.333 e. The Morgan fingerprint density at radius 1 is 1.26 bits per heavy atom. The van der Waals surface area contributed by atoms with E-state index in [1.54, 1.807) is 6.21 Å². The molecule has 0 unspecified atom stereocenters. The van der Waals surface area contributed by atoms with E-state index in [-0.39, 0.29) is 11.7 Å². The van der Waals surface area contributed by atoms with Crippen LogP contribution in [0.25, 0.3) is 11.0 Å². The van der Waals surface area contributed by atoms with Crippen molar-refractivity contribution in [2.75, 3.05) is 5.75 Å². The maximum absolute atomic E-state index is 11.8. The first-order chi connectivity index (χ1) is 11.2. The fraction of sp³-hybridized carbons (Fsp3) is 0.118. The number of aromatic nitrogens is 2. The highest BCUT2D eigenvalue weighted by atomic mass is 32.2. The number of nitrogens with one attached hydrogen (secondary N) is 2. The zero-order valence-corrected chi connectivity index (χ0v) is 13.4. The molecule has 3 rings (SSSR count). The summed E-state index contributed by atoms with van der Waals surface area (Å²) in [6, 6.07) is 15.6. The van der Waals surface area contributed by atoms with E-state index in [0.29, 0.717) is 0 Å². The zero-order chi connectivity index (χ0) is 16.1. The monoisotopic (exact) mass is 324 g/mol. The van der Waals surface area contributed by atoms with Gasteiger partial charge in [0.1, 0.15) is 0 Å². The number of fused-ring (bicyclic) bond motifs is 1. The molecular weight excluding hydrogens is 308 g/mol. The first kappa shape index (κ1) is 15.3. The van der Waals surface area contributed by atoms with Crippen molar-refractivity contribution < 1.29 is 4.79 Å². The molecule has 0 saturated heterocycles. The molecule has 1 amide bonds. The van der Waals surface area contributed by atoms with Gasteiger partial charge < -0.3 is 4.98 Å². The molecule has 5 nitrogen and oxygen atoms in total. The average Bonchev–Trinajstić information content (AvgIpc) is 2.98. The highest BCUT2D eigenvalue weighted by Gasteiger charge is 2.06. The Morgan fingerprint density at radius 3 is 2.87 bits per heavy atom. The van der Waals surface area contributed by atoms with Crippen molar-refractivity contribution in [3.05, 3.63) is 59.7 Å². The van der Waals surface area contributed by atoms with Crippen molar-refractivity contribution in [2.24, 2.45) is 5.10 Å². The quantitative estimate of drug-likeness (QED) is 0.430. The number of carbonyl (C=O) groups excluding carboxylic acids is 1. The predicted octanol–water partition coefficient (Wildman–Crippen LogP) is 3.11. The van der Waals surface area contributed by atoms with Gasteiger partial charge >= 0.3 is 0 Å². The molecular formula is C17H16N4OS. The molecule has 0 radical (unpaired) electrons. The number of aromatic amines is 1. The van der Waals surface area contributed by atoms with Gasteiger partial charge in [-0.15, -0.1) is 0 Å². The van der Waals surface area contributed by atoms with Gasteiger partial charge in [0.25, 0.3) is 5.91 Å². The molecule has 0 bridgehead atoms. The summed E-state index contributed by atoms with van der Waals surface area (Å²) in [5.74, 6) is 0.0885. The second-order valence-corrected chi connectivity index (χ2v) is 5.96. The molecule has 23 heavy (non-hydrogen) atoms. The van der Waals surface area contributed by atoms with Gasteiger partial charge in [0.05, 0.1) is 23.0 Å². The number of amides is 1. The van der Waals surface area contributed by atoms with E-state index < -0.39 is 0 Å². The van der Waals surface area contributed by atoms with Gasteiger partial charge in [-0.1, -0.05) is 48.2 Å². The van der Waals surface area contributed by atoms with Crippen LogP contribution in [-0.4, -0.2) is 27.8 Å². The number of thioether (sulfide) groups is 1. The molecule has 2 N–H and O–H groups in total. The fourth-order valence-electron chi connectivity index (χ4n) is 2.07. The highest BCUT2D eigenvalue weighted by Crippen LogP contribution is 2.18. The normalized spacial score (nSPS) is 11.2. The van der Waals surface area contributed by atoms with Crippen molar-refractivity contribution in [3.63, 3.8) is 0 Å². The summed E-state index contributed by atoms with van der Waals surface area (Å²) in [6.45, 7) is 2.00. The number of carbonyl (C=O) groups is 1. The number of aryl methyl sites for hydroxylation is 1. The van der Waals surface area contributed by atoms with Crippen LogP contribution in [0.1, 0.15) is 11.1 Å². The minimum absolute atomic E-state index is 0.166. The second kappa shape index (κ2) is 7.11. The van der Waals surface area contributed by atoms with Crippen LogP contribution in [0, 0.1) is 6.92 Å². The van der Waals surface area contributed by atoms with Crippen LogP contribution in [0.3, 0.4) is 0 Å². The lowest BCUT2D eigenvalue weighted by molar-refractivity contribution is -0.118. The Morgan fingerprint density at radius 2 is 2.04 bits per heavy atom. The number of hydrogen-bond donors (Lipinski definition) is 2. The summed E-state index contributed by atoms with van der Waals surface area (Å²) < 4.78 is 0. The number of imidazole rings is 1. The Kier molecular flexibility index (Phi) is 4.73. The average molecular weight is 324 g/mol. The summed E-state index contributed by atoms with van der Waals surface area (Å²) in [7, 11) is 0. The van der Waals surface area contributed by atoms with Gasteiger partial charge in [0.2, 0.25) is 0 Å². The lowest BCUT2D eigenvalue weighted by Crippen LogP contribution is -2.19. The molecule has 116 valence electrons.